The molecule has 0 radical (unpaired) electrons. The summed E-state index contributed by atoms with van der Waals surface area (Å²) in [6, 6.07) is 10.4. The SMILES string of the molecule is CN=C(NCCCOC1CCOC1)NCCc1ccc(-n2cccn2)cc1. The molecule has 1 saturated heterocycles. The van der Waals surface area contributed by atoms with E-state index in [1.807, 2.05) is 16.9 Å². The molecule has 1 unspecified atom stereocenters. The molecule has 0 aliphatic carbocycles. The van der Waals surface area contributed by atoms with E-state index in [0.29, 0.717) is 0 Å². The van der Waals surface area contributed by atoms with Gasteiger partial charge in [-0.2, -0.15) is 5.10 Å². The molecule has 7 heteroatoms. The molecule has 0 saturated carbocycles. The molecule has 1 aromatic heterocycles. The van der Waals surface area contributed by atoms with Crippen molar-refractivity contribution < 1.29 is 9.47 Å². The molecular formula is C20H29N5O2. The van der Waals surface area contributed by atoms with Crippen molar-refractivity contribution in [2.75, 3.05) is 40.0 Å². The van der Waals surface area contributed by atoms with Crippen LogP contribution in [-0.2, 0) is 15.9 Å². The van der Waals surface area contributed by atoms with Gasteiger partial charge in [-0.25, -0.2) is 4.68 Å². The minimum absolute atomic E-state index is 0.280. The van der Waals surface area contributed by atoms with Crippen LogP contribution in [0.2, 0.25) is 0 Å². The summed E-state index contributed by atoms with van der Waals surface area (Å²) in [5, 5.41) is 10.9. The van der Waals surface area contributed by atoms with Crippen molar-refractivity contribution in [2.45, 2.75) is 25.4 Å². The highest BCUT2D eigenvalue weighted by atomic mass is 16.5. The zero-order valence-electron chi connectivity index (χ0n) is 15.9. The molecule has 1 fully saturated rings. The van der Waals surface area contributed by atoms with E-state index in [9.17, 15) is 0 Å². The maximum absolute atomic E-state index is 5.76. The topological polar surface area (TPSA) is 72.7 Å². The van der Waals surface area contributed by atoms with Gasteiger partial charge in [0.05, 0.1) is 18.4 Å². The zero-order chi connectivity index (χ0) is 18.7. The second kappa shape index (κ2) is 10.7. The molecule has 1 atom stereocenters. The van der Waals surface area contributed by atoms with E-state index >= 15 is 0 Å². The number of hydrogen-bond acceptors (Lipinski definition) is 4. The van der Waals surface area contributed by atoms with Crippen LogP contribution >= 0.6 is 0 Å². The Morgan fingerprint density at radius 2 is 2.15 bits per heavy atom. The van der Waals surface area contributed by atoms with E-state index in [1.165, 1.54) is 5.56 Å². The number of aromatic nitrogens is 2. The molecule has 0 spiro atoms. The Morgan fingerprint density at radius 1 is 1.30 bits per heavy atom. The van der Waals surface area contributed by atoms with E-state index in [4.69, 9.17) is 9.47 Å². The summed E-state index contributed by atoms with van der Waals surface area (Å²) in [6.45, 7) is 3.98. The van der Waals surface area contributed by atoms with Crippen LogP contribution in [0, 0.1) is 0 Å². The lowest BCUT2D eigenvalue weighted by molar-refractivity contribution is 0.0420. The second-order valence-corrected chi connectivity index (χ2v) is 6.50. The molecule has 2 aromatic rings. The first-order valence-electron chi connectivity index (χ1n) is 9.58. The summed E-state index contributed by atoms with van der Waals surface area (Å²) < 4.78 is 12.9. The Balaban J connectivity index is 1.30. The first kappa shape index (κ1) is 19.4. The van der Waals surface area contributed by atoms with E-state index in [0.717, 1.165) is 63.8 Å². The van der Waals surface area contributed by atoms with Gasteiger partial charge in [-0.1, -0.05) is 12.1 Å². The van der Waals surface area contributed by atoms with Gasteiger partial charge in [0.25, 0.3) is 0 Å². The third-order valence-electron chi connectivity index (χ3n) is 4.49. The number of nitrogens with zero attached hydrogens (tertiary/aromatic N) is 3. The van der Waals surface area contributed by atoms with Gasteiger partial charge in [0.1, 0.15) is 0 Å². The fraction of sp³-hybridized carbons (Fsp3) is 0.500. The largest absolute Gasteiger partial charge is 0.379 e. The lowest BCUT2D eigenvalue weighted by atomic mass is 10.1. The first-order valence-corrected chi connectivity index (χ1v) is 9.58. The van der Waals surface area contributed by atoms with E-state index in [-0.39, 0.29) is 6.10 Å². The second-order valence-electron chi connectivity index (χ2n) is 6.50. The van der Waals surface area contributed by atoms with Crippen molar-refractivity contribution in [2.24, 2.45) is 4.99 Å². The average molecular weight is 371 g/mol. The number of nitrogens with one attached hydrogen (secondary N) is 2. The third kappa shape index (κ3) is 6.37. The number of aliphatic imine (C=N–C) groups is 1. The summed E-state index contributed by atoms with van der Waals surface area (Å²) in [6.07, 6.45) is 6.91. The van der Waals surface area contributed by atoms with Gasteiger partial charge < -0.3 is 20.1 Å². The summed E-state index contributed by atoms with van der Waals surface area (Å²) in [5.41, 5.74) is 2.35. The number of guanidine groups is 1. The molecule has 27 heavy (non-hydrogen) atoms. The predicted octanol–water partition coefficient (Wildman–Crippen LogP) is 1.78. The molecule has 146 valence electrons. The average Bonchev–Trinajstić information content (AvgIpc) is 3.41. The Morgan fingerprint density at radius 3 is 2.85 bits per heavy atom. The van der Waals surface area contributed by atoms with Crippen LogP contribution in [0.15, 0.2) is 47.7 Å². The first-order chi connectivity index (χ1) is 13.3. The smallest absolute Gasteiger partial charge is 0.190 e. The van der Waals surface area contributed by atoms with Gasteiger partial charge >= 0.3 is 0 Å². The standard InChI is InChI=1S/C20H29N5O2/c1-21-20(22-10-3-14-27-19-9-15-26-16-19)23-12-8-17-4-6-18(7-5-17)25-13-2-11-24-25/h2,4-7,11,13,19H,3,8-10,12,14-16H2,1H3,(H2,21,22,23). The van der Waals surface area contributed by atoms with Gasteiger partial charge in [-0.05, 0) is 43.0 Å². The number of rotatable bonds is 9. The maximum Gasteiger partial charge on any atom is 0.190 e. The summed E-state index contributed by atoms with van der Waals surface area (Å²) in [5.74, 6) is 0.826. The molecule has 2 heterocycles. The predicted molar refractivity (Wildman–Crippen MR) is 106 cm³/mol. The van der Waals surface area contributed by atoms with Crippen molar-refractivity contribution >= 4 is 5.96 Å². The molecule has 0 amide bonds. The maximum atomic E-state index is 5.76. The molecule has 1 aliphatic rings. The number of benzene rings is 1. The fourth-order valence-corrected chi connectivity index (χ4v) is 2.96. The normalized spacial score (nSPS) is 17.2. The molecule has 1 aromatic carbocycles. The highest BCUT2D eigenvalue weighted by molar-refractivity contribution is 5.79. The zero-order valence-corrected chi connectivity index (χ0v) is 15.9. The Bertz CT molecular complexity index is 679. The lowest BCUT2D eigenvalue weighted by Gasteiger charge is -2.13. The van der Waals surface area contributed by atoms with Crippen LogP contribution in [0.25, 0.3) is 5.69 Å². The monoisotopic (exact) mass is 371 g/mol. The third-order valence-corrected chi connectivity index (χ3v) is 4.49. The minimum atomic E-state index is 0.280. The molecule has 2 N–H and O–H groups in total. The summed E-state index contributed by atoms with van der Waals surface area (Å²) in [7, 11) is 1.79. The highest BCUT2D eigenvalue weighted by Gasteiger charge is 2.15. The van der Waals surface area contributed by atoms with E-state index < -0.39 is 0 Å². The van der Waals surface area contributed by atoms with Crippen molar-refractivity contribution in [3.05, 3.63) is 48.3 Å². The quantitative estimate of drug-likeness (QED) is 0.399. The number of ether oxygens (including phenoxy) is 2. The van der Waals surface area contributed by atoms with Gasteiger partial charge in [0, 0.05) is 45.7 Å². The van der Waals surface area contributed by atoms with E-state index in [1.54, 1.807) is 13.2 Å². The van der Waals surface area contributed by atoms with Gasteiger partial charge in [-0.15, -0.1) is 0 Å². The Hall–Kier alpha value is -2.38. The van der Waals surface area contributed by atoms with Crippen LogP contribution in [-0.4, -0.2) is 61.8 Å². The van der Waals surface area contributed by atoms with Gasteiger partial charge in [0.2, 0.25) is 0 Å². The fourth-order valence-electron chi connectivity index (χ4n) is 2.96. The van der Waals surface area contributed by atoms with Crippen LogP contribution < -0.4 is 10.6 Å². The van der Waals surface area contributed by atoms with Crippen molar-refractivity contribution in [3.63, 3.8) is 0 Å². The van der Waals surface area contributed by atoms with Gasteiger partial charge in [-0.3, -0.25) is 4.99 Å². The molecular weight excluding hydrogens is 342 g/mol. The van der Waals surface area contributed by atoms with Crippen LogP contribution in [0.3, 0.4) is 0 Å². The van der Waals surface area contributed by atoms with Crippen molar-refractivity contribution in [3.8, 4) is 5.69 Å². The Labute approximate surface area is 160 Å². The number of hydrogen-bond donors (Lipinski definition) is 2. The molecule has 7 nitrogen and oxygen atoms in total. The molecule has 0 bridgehead atoms. The summed E-state index contributed by atoms with van der Waals surface area (Å²) in [4.78, 5) is 4.26. The van der Waals surface area contributed by atoms with Crippen LogP contribution in [0.5, 0.6) is 0 Å². The van der Waals surface area contributed by atoms with E-state index in [2.05, 4.69) is 45.0 Å². The minimum Gasteiger partial charge on any atom is -0.379 e. The molecule has 3 rings (SSSR count). The molecule has 1 aliphatic heterocycles. The lowest BCUT2D eigenvalue weighted by Crippen LogP contribution is -2.39. The highest BCUT2D eigenvalue weighted by Crippen LogP contribution is 2.09. The summed E-state index contributed by atoms with van der Waals surface area (Å²) >= 11 is 0. The van der Waals surface area contributed by atoms with Gasteiger partial charge in [0.15, 0.2) is 5.96 Å². The van der Waals surface area contributed by atoms with Crippen molar-refractivity contribution in [1.82, 2.24) is 20.4 Å². The Kier molecular flexibility index (Phi) is 7.68. The van der Waals surface area contributed by atoms with Crippen LogP contribution in [0.4, 0.5) is 0 Å². The van der Waals surface area contributed by atoms with Crippen molar-refractivity contribution in [1.29, 1.82) is 0 Å². The van der Waals surface area contributed by atoms with Crippen LogP contribution in [0.1, 0.15) is 18.4 Å².